The molecule has 0 fully saturated rings. The highest BCUT2D eigenvalue weighted by atomic mass is 16.2. The molecule has 0 rings (SSSR count). The lowest BCUT2D eigenvalue weighted by atomic mass is 10.1. The molecule has 0 aromatic carbocycles. The van der Waals surface area contributed by atoms with Crippen molar-refractivity contribution in [3.63, 3.8) is 0 Å². The van der Waals surface area contributed by atoms with Crippen molar-refractivity contribution in [1.82, 2.24) is 4.90 Å². The van der Waals surface area contributed by atoms with Crippen molar-refractivity contribution in [3.8, 4) is 11.8 Å². The minimum Gasteiger partial charge on any atom is -0.349 e. The van der Waals surface area contributed by atoms with Gasteiger partial charge in [-0.15, -0.1) is 5.92 Å². The Hall–Kier alpha value is -1.23. The third kappa shape index (κ3) is 5.98. The first-order valence-corrected chi connectivity index (χ1v) is 4.37. The van der Waals surface area contributed by atoms with E-state index in [4.69, 9.17) is 0 Å². The Balaban J connectivity index is 3.91. The third-order valence-electron chi connectivity index (χ3n) is 1.65. The van der Waals surface area contributed by atoms with E-state index in [0.717, 1.165) is 0 Å². The van der Waals surface area contributed by atoms with Crippen molar-refractivity contribution in [3.05, 3.63) is 12.2 Å². The molecule has 0 aliphatic carbocycles. The number of carbonyl (C=O) groups excluding carboxylic acids is 1. The van der Waals surface area contributed by atoms with E-state index >= 15 is 0 Å². The van der Waals surface area contributed by atoms with Crippen LogP contribution in [0.2, 0.25) is 0 Å². The monoisotopic (exact) mass is 179 g/mol. The van der Waals surface area contributed by atoms with E-state index < -0.39 is 0 Å². The second kappa shape index (κ2) is 6.30. The summed E-state index contributed by atoms with van der Waals surface area (Å²) in [7, 11) is 3.54. The van der Waals surface area contributed by atoms with E-state index in [0.29, 0.717) is 6.42 Å². The van der Waals surface area contributed by atoms with Crippen molar-refractivity contribution >= 4 is 5.91 Å². The number of hydrogen-bond acceptors (Lipinski definition) is 1. The summed E-state index contributed by atoms with van der Waals surface area (Å²) in [5, 5.41) is 0. The van der Waals surface area contributed by atoms with Crippen LogP contribution in [-0.4, -0.2) is 24.9 Å². The molecule has 13 heavy (non-hydrogen) atoms. The van der Waals surface area contributed by atoms with Crippen LogP contribution in [0.3, 0.4) is 0 Å². The molecular formula is C11H17NO. The zero-order chi connectivity index (χ0) is 10.3. The van der Waals surface area contributed by atoms with Crippen molar-refractivity contribution in [2.45, 2.75) is 20.3 Å². The minimum absolute atomic E-state index is 0.154. The van der Waals surface area contributed by atoms with Gasteiger partial charge in [-0.3, -0.25) is 4.79 Å². The van der Waals surface area contributed by atoms with Gasteiger partial charge >= 0.3 is 0 Å². The van der Waals surface area contributed by atoms with Crippen molar-refractivity contribution in [2.75, 3.05) is 14.1 Å². The first kappa shape index (κ1) is 11.8. The molecule has 0 aliphatic heterocycles. The van der Waals surface area contributed by atoms with Crippen LogP contribution in [-0.2, 0) is 4.79 Å². The second-order valence-electron chi connectivity index (χ2n) is 3.22. The molecule has 1 atom stereocenters. The number of rotatable bonds is 3. The Bertz CT molecular complexity index is 243. The maximum Gasteiger partial charge on any atom is 0.222 e. The molecule has 0 aromatic heterocycles. The van der Waals surface area contributed by atoms with Crippen molar-refractivity contribution in [1.29, 1.82) is 0 Å². The van der Waals surface area contributed by atoms with Crippen LogP contribution in [0.25, 0.3) is 0 Å². The molecule has 0 bridgehead atoms. The molecule has 72 valence electrons. The second-order valence-corrected chi connectivity index (χ2v) is 3.22. The first-order chi connectivity index (χ1) is 6.07. The normalized spacial score (nSPS) is 12.0. The van der Waals surface area contributed by atoms with Gasteiger partial charge in [-0.05, 0) is 18.9 Å². The molecule has 0 radical (unpaired) electrons. The van der Waals surface area contributed by atoms with Gasteiger partial charge in [-0.2, -0.15) is 0 Å². The quantitative estimate of drug-likeness (QED) is 0.604. The minimum atomic E-state index is 0.154. The topological polar surface area (TPSA) is 20.3 Å². The van der Waals surface area contributed by atoms with E-state index in [2.05, 4.69) is 11.8 Å². The fraction of sp³-hybridized carbons (Fsp3) is 0.545. The molecular weight excluding hydrogens is 162 g/mol. The molecule has 0 spiro atoms. The Morgan fingerprint density at radius 3 is 2.62 bits per heavy atom. The van der Waals surface area contributed by atoms with E-state index in [-0.39, 0.29) is 11.8 Å². The summed E-state index contributed by atoms with van der Waals surface area (Å²) in [6.45, 7) is 3.80. The van der Waals surface area contributed by atoms with Gasteiger partial charge in [0.15, 0.2) is 0 Å². The average Bonchev–Trinajstić information content (AvgIpc) is 2.04. The number of nitrogens with zero attached hydrogens (tertiary/aromatic N) is 1. The van der Waals surface area contributed by atoms with Gasteiger partial charge in [0.2, 0.25) is 5.91 Å². The van der Waals surface area contributed by atoms with Crippen LogP contribution in [0, 0.1) is 17.8 Å². The summed E-state index contributed by atoms with van der Waals surface area (Å²) in [6.07, 6.45) is 4.31. The smallest absolute Gasteiger partial charge is 0.222 e. The molecule has 2 nitrogen and oxygen atoms in total. The highest BCUT2D eigenvalue weighted by Gasteiger charge is 2.07. The molecule has 1 amide bonds. The predicted molar refractivity (Wildman–Crippen MR) is 55.1 cm³/mol. The van der Waals surface area contributed by atoms with Crippen LogP contribution in [0.5, 0.6) is 0 Å². The highest BCUT2D eigenvalue weighted by Crippen LogP contribution is 2.04. The number of amides is 1. The first-order valence-electron chi connectivity index (χ1n) is 4.37. The average molecular weight is 179 g/mol. The maximum absolute atomic E-state index is 11.2. The molecule has 0 aromatic rings. The Kier molecular flexibility index (Phi) is 5.71. The summed E-state index contributed by atoms with van der Waals surface area (Å²) >= 11 is 0. The van der Waals surface area contributed by atoms with Gasteiger partial charge in [0, 0.05) is 20.5 Å². The van der Waals surface area contributed by atoms with E-state index in [1.807, 2.05) is 13.0 Å². The summed E-state index contributed by atoms with van der Waals surface area (Å²) in [6, 6.07) is 0. The van der Waals surface area contributed by atoms with Crippen LogP contribution in [0.4, 0.5) is 0 Å². The largest absolute Gasteiger partial charge is 0.349 e. The Morgan fingerprint density at radius 1 is 1.54 bits per heavy atom. The van der Waals surface area contributed by atoms with Gasteiger partial charge in [0.1, 0.15) is 0 Å². The van der Waals surface area contributed by atoms with Crippen LogP contribution in [0.15, 0.2) is 12.2 Å². The van der Waals surface area contributed by atoms with Crippen LogP contribution >= 0.6 is 0 Å². The van der Waals surface area contributed by atoms with Gasteiger partial charge in [-0.1, -0.05) is 18.9 Å². The molecule has 0 saturated heterocycles. The lowest BCUT2D eigenvalue weighted by Gasteiger charge is -2.11. The molecule has 1 unspecified atom stereocenters. The highest BCUT2D eigenvalue weighted by molar-refractivity contribution is 5.75. The standard InChI is InChI=1S/C11H17NO/c1-5-6-7-8-10(2)9-11(13)12(3)4/h7-8,10H,9H2,1-4H3. The SMILES string of the molecule is CC#CC=CC(C)CC(=O)N(C)C. The molecule has 0 saturated carbocycles. The summed E-state index contributed by atoms with van der Waals surface area (Å²) < 4.78 is 0. The Morgan fingerprint density at radius 2 is 2.15 bits per heavy atom. The van der Waals surface area contributed by atoms with E-state index in [1.165, 1.54) is 0 Å². The molecule has 0 heterocycles. The fourth-order valence-electron chi connectivity index (χ4n) is 0.822. The molecule has 0 aliphatic rings. The zero-order valence-electron chi connectivity index (χ0n) is 8.79. The van der Waals surface area contributed by atoms with Crippen molar-refractivity contribution < 1.29 is 4.79 Å². The summed E-state index contributed by atoms with van der Waals surface area (Å²) in [5.41, 5.74) is 0. The van der Waals surface area contributed by atoms with Gasteiger partial charge in [0.25, 0.3) is 0 Å². The van der Waals surface area contributed by atoms with Gasteiger partial charge in [0.05, 0.1) is 0 Å². The van der Waals surface area contributed by atoms with E-state index in [1.54, 1.807) is 32.0 Å². The summed E-state index contributed by atoms with van der Waals surface area (Å²) in [4.78, 5) is 12.8. The van der Waals surface area contributed by atoms with Crippen LogP contribution in [0.1, 0.15) is 20.3 Å². The lowest BCUT2D eigenvalue weighted by molar-refractivity contribution is -0.129. The van der Waals surface area contributed by atoms with Crippen molar-refractivity contribution in [2.24, 2.45) is 5.92 Å². The zero-order valence-corrected chi connectivity index (χ0v) is 8.79. The fourth-order valence-corrected chi connectivity index (χ4v) is 0.822. The third-order valence-corrected chi connectivity index (χ3v) is 1.65. The van der Waals surface area contributed by atoms with Gasteiger partial charge < -0.3 is 4.90 Å². The Labute approximate surface area is 80.6 Å². The molecule has 2 heteroatoms. The number of allylic oxidation sites excluding steroid dienone is 2. The molecule has 0 N–H and O–H groups in total. The maximum atomic E-state index is 11.2. The number of carbonyl (C=O) groups is 1. The lowest BCUT2D eigenvalue weighted by Crippen LogP contribution is -2.22. The van der Waals surface area contributed by atoms with E-state index in [9.17, 15) is 4.79 Å². The summed E-state index contributed by atoms with van der Waals surface area (Å²) in [5.74, 6) is 6.01. The van der Waals surface area contributed by atoms with Gasteiger partial charge in [-0.25, -0.2) is 0 Å². The predicted octanol–water partition coefficient (Wildman–Crippen LogP) is 1.68. The number of hydrogen-bond donors (Lipinski definition) is 0. The van der Waals surface area contributed by atoms with Crippen LogP contribution < -0.4 is 0 Å².